The second-order valence-corrected chi connectivity index (χ2v) is 6.81. The predicted molar refractivity (Wildman–Crippen MR) is 99.8 cm³/mol. The molecule has 1 fully saturated rings. The standard InChI is InChI=1S/C18H16.C4H4O4/c1-3-7-15-13(5-1)9-11-18-16-8-4-2-6-14(16)10-12-17(15)18;5-2-1-3(6)8-4(2)7/h1,3,5,7,9-12H,2,4,6,8H2;2,5H,1H2. The van der Waals surface area contributed by atoms with Gasteiger partial charge in [-0.2, -0.15) is 0 Å². The molecular weight excluding hydrogens is 328 g/mol. The van der Waals surface area contributed by atoms with E-state index in [1.807, 2.05) is 0 Å². The number of aliphatic hydroxyl groups is 1. The summed E-state index contributed by atoms with van der Waals surface area (Å²) in [5.41, 5.74) is 3.17. The Morgan fingerprint density at radius 1 is 0.846 bits per heavy atom. The molecule has 1 heterocycles. The smallest absolute Gasteiger partial charge is 0.343 e. The van der Waals surface area contributed by atoms with E-state index in [0.717, 1.165) is 0 Å². The van der Waals surface area contributed by atoms with Gasteiger partial charge < -0.3 is 9.84 Å². The molecule has 3 aromatic carbocycles. The van der Waals surface area contributed by atoms with E-state index < -0.39 is 18.0 Å². The van der Waals surface area contributed by atoms with Gasteiger partial charge in [0.1, 0.15) is 0 Å². The molecule has 0 spiro atoms. The Hall–Kier alpha value is -2.72. The monoisotopic (exact) mass is 348 g/mol. The van der Waals surface area contributed by atoms with E-state index in [2.05, 4.69) is 53.3 Å². The van der Waals surface area contributed by atoms with Crippen LogP contribution in [0.25, 0.3) is 21.5 Å². The van der Waals surface area contributed by atoms with Crippen molar-refractivity contribution < 1.29 is 19.4 Å². The van der Waals surface area contributed by atoms with Crippen molar-refractivity contribution >= 4 is 33.5 Å². The Balaban J connectivity index is 0.000000178. The number of carbonyl (C=O) groups is 2. The highest BCUT2D eigenvalue weighted by Crippen LogP contribution is 2.33. The van der Waals surface area contributed by atoms with Gasteiger partial charge in [0.05, 0.1) is 6.42 Å². The Kier molecular flexibility index (Phi) is 4.43. The minimum absolute atomic E-state index is 0.196. The zero-order valence-electron chi connectivity index (χ0n) is 14.4. The van der Waals surface area contributed by atoms with Crippen LogP contribution < -0.4 is 0 Å². The number of hydrogen-bond donors (Lipinski definition) is 1. The van der Waals surface area contributed by atoms with E-state index in [0.29, 0.717) is 0 Å². The van der Waals surface area contributed by atoms with Crippen LogP contribution >= 0.6 is 0 Å². The zero-order chi connectivity index (χ0) is 18.1. The maximum Gasteiger partial charge on any atom is 0.343 e. The Morgan fingerprint density at radius 2 is 1.62 bits per heavy atom. The van der Waals surface area contributed by atoms with Crippen LogP contribution in [-0.2, 0) is 27.2 Å². The van der Waals surface area contributed by atoms with Gasteiger partial charge in [-0.1, -0.05) is 48.5 Å². The van der Waals surface area contributed by atoms with Gasteiger partial charge in [0.25, 0.3) is 0 Å². The molecule has 0 bridgehead atoms. The highest BCUT2D eigenvalue weighted by atomic mass is 16.6. The fourth-order valence-electron chi connectivity index (χ4n) is 3.81. The topological polar surface area (TPSA) is 63.6 Å². The Morgan fingerprint density at radius 3 is 2.35 bits per heavy atom. The number of cyclic esters (lactones) is 2. The molecule has 0 radical (unpaired) electrons. The van der Waals surface area contributed by atoms with Crippen LogP contribution in [0.5, 0.6) is 0 Å². The van der Waals surface area contributed by atoms with E-state index in [4.69, 9.17) is 5.11 Å². The van der Waals surface area contributed by atoms with Crippen LogP contribution in [0.3, 0.4) is 0 Å². The molecular formula is C22H20O4. The fourth-order valence-corrected chi connectivity index (χ4v) is 3.81. The quantitative estimate of drug-likeness (QED) is 0.382. The second kappa shape index (κ2) is 6.89. The molecule has 1 atom stereocenters. The van der Waals surface area contributed by atoms with Crippen molar-refractivity contribution in [2.75, 3.05) is 0 Å². The number of ether oxygens (including phenoxy) is 1. The largest absolute Gasteiger partial charge is 0.391 e. The van der Waals surface area contributed by atoms with Gasteiger partial charge >= 0.3 is 11.9 Å². The summed E-state index contributed by atoms with van der Waals surface area (Å²) in [5.74, 6) is -1.49. The minimum atomic E-state index is -1.22. The van der Waals surface area contributed by atoms with Gasteiger partial charge in [0.2, 0.25) is 0 Å². The average Bonchev–Trinajstić information content (AvgIpc) is 2.97. The van der Waals surface area contributed by atoms with E-state index in [1.54, 1.807) is 11.1 Å². The van der Waals surface area contributed by atoms with Crippen LogP contribution in [0.15, 0.2) is 48.5 Å². The molecule has 4 nitrogen and oxygen atoms in total. The molecule has 0 saturated carbocycles. The molecule has 1 saturated heterocycles. The molecule has 2 aliphatic rings. The lowest BCUT2D eigenvalue weighted by molar-refractivity contribution is -0.154. The first-order valence-corrected chi connectivity index (χ1v) is 8.98. The average molecular weight is 348 g/mol. The van der Waals surface area contributed by atoms with Crippen LogP contribution in [0.1, 0.15) is 30.4 Å². The number of benzene rings is 3. The van der Waals surface area contributed by atoms with Gasteiger partial charge in [0, 0.05) is 0 Å². The van der Waals surface area contributed by atoms with Crippen molar-refractivity contribution in [1.29, 1.82) is 0 Å². The van der Waals surface area contributed by atoms with Crippen molar-refractivity contribution in [3.05, 3.63) is 59.7 Å². The first-order valence-electron chi connectivity index (χ1n) is 8.98. The van der Waals surface area contributed by atoms with Gasteiger partial charge in [-0.25, -0.2) is 4.79 Å². The summed E-state index contributed by atoms with van der Waals surface area (Å²) in [6, 6.07) is 18.0. The number of esters is 2. The van der Waals surface area contributed by atoms with E-state index >= 15 is 0 Å². The molecule has 1 N–H and O–H groups in total. The molecule has 132 valence electrons. The van der Waals surface area contributed by atoms with Crippen LogP contribution in [-0.4, -0.2) is 23.1 Å². The number of rotatable bonds is 0. The SMILES string of the molecule is O=C1CC(O)C(=O)O1.c1ccc2c(c1)ccc1c3c(ccc12)CCCC3. The Labute approximate surface area is 151 Å². The molecule has 3 aromatic rings. The van der Waals surface area contributed by atoms with Crippen LogP contribution in [0.2, 0.25) is 0 Å². The van der Waals surface area contributed by atoms with Crippen LogP contribution in [0.4, 0.5) is 0 Å². The maximum atomic E-state index is 10.1. The molecule has 5 rings (SSSR count). The third-order valence-electron chi connectivity index (χ3n) is 5.10. The maximum absolute atomic E-state index is 10.1. The third-order valence-corrected chi connectivity index (χ3v) is 5.10. The summed E-state index contributed by atoms with van der Waals surface area (Å²) in [7, 11) is 0. The zero-order valence-corrected chi connectivity index (χ0v) is 14.4. The van der Waals surface area contributed by atoms with Crippen molar-refractivity contribution in [3.8, 4) is 0 Å². The summed E-state index contributed by atoms with van der Waals surface area (Å²) < 4.78 is 3.95. The van der Waals surface area contributed by atoms with Gasteiger partial charge in [0.15, 0.2) is 6.10 Å². The first kappa shape index (κ1) is 16.7. The van der Waals surface area contributed by atoms with Crippen molar-refractivity contribution in [2.45, 2.75) is 38.2 Å². The first-order chi connectivity index (χ1) is 12.6. The van der Waals surface area contributed by atoms with Crippen molar-refractivity contribution in [2.24, 2.45) is 0 Å². The van der Waals surface area contributed by atoms with Gasteiger partial charge in [-0.05, 0) is 58.4 Å². The minimum Gasteiger partial charge on any atom is -0.391 e. The van der Waals surface area contributed by atoms with Gasteiger partial charge in [-0.3, -0.25) is 4.79 Å². The van der Waals surface area contributed by atoms with Gasteiger partial charge in [-0.15, -0.1) is 0 Å². The molecule has 1 unspecified atom stereocenters. The molecule has 26 heavy (non-hydrogen) atoms. The molecule has 1 aliphatic carbocycles. The lowest BCUT2D eigenvalue weighted by Gasteiger charge is -2.18. The summed E-state index contributed by atoms with van der Waals surface area (Å²) in [6.45, 7) is 0. The van der Waals surface area contributed by atoms with Crippen molar-refractivity contribution in [1.82, 2.24) is 0 Å². The molecule has 0 amide bonds. The highest BCUT2D eigenvalue weighted by molar-refractivity contribution is 6.08. The number of fused-ring (bicyclic) bond motifs is 5. The van der Waals surface area contributed by atoms with E-state index in [-0.39, 0.29) is 6.42 Å². The van der Waals surface area contributed by atoms with E-state index in [1.165, 1.54) is 47.2 Å². The summed E-state index contributed by atoms with van der Waals surface area (Å²) in [6.07, 6.45) is 3.80. The number of aliphatic hydroxyl groups excluding tert-OH is 1. The number of hydrogen-bond acceptors (Lipinski definition) is 4. The van der Waals surface area contributed by atoms with Crippen molar-refractivity contribution in [3.63, 3.8) is 0 Å². The molecule has 4 heteroatoms. The number of aryl methyl sites for hydroxylation is 2. The summed E-state index contributed by atoms with van der Waals surface area (Å²) in [5, 5.41) is 14.1. The third kappa shape index (κ3) is 3.08. The summed E-state index contributed by atoms with van der Waals surface area (Å²) >= 11 is 0. The lowest BCUT2D eigenvalue weighted by Crippen LogP contribution is -2.11. The molecule has 0 aromatic heterocycles. The number of carbonyl (C=O) groups excluding carboxylic acids is 2. The lowest BCUT2D eigenvalue weighted by atomic mass is 9.86. The molecule has 1 aliphatic heterocycles. The highest BCUT2D eigenvalue weighted by Gasteiger charge is 2.30. The summed E-state index contributed by atoms with van der Waals surface area (Å²) in [4.78, 5) is 20.2. The normalized spacial score (nSPS) is 19.0. The van der Waals surface area contributed by atoms with E-state index in [9.17, 15) is 9.59 Å². The predicted octanol–water partition coefficient (Wildman–Crippen LogP) is 3.69. The van der Waals surface area contributed by atoms with Crippen LogP contribution in [0, 0.1) is 0 Å². The Bertz CT molecular complexity index is 1010. The second-order valence-electron chi connectivity index (χ2n) is 6.81. The fraction of sp³-hybridized carbons (Fsp3) is 0.273.